The molecule has 0 atom stereocenters. The fourth-order valence-corrected chi connectivity index (χ4v) is 6.88. The molecule has 0 aliphatic rings. The van der Waals surface area contributed by atoms with Crippen molar-refractivity contribution in [2.24, 2.45) is 0 Å². The van der Waals surface area contributed by atoms with Gasteiger partial charge in [0.25, 0.3) is 0 Å². The number of aromatic nitrogens is 1. The first-order valence-corrected chi connectivity index (χ1v) is 13.3. The van der Waals surface area contributed by atoms with Crippen LogP contribution in [0.2, 0.25) is 0 Å². The second-order valence-corrected chi connectivity index (χ2v) is 10.7. The number of benzene rings is 2. The highest BCUT2D eigenvalue weighted by molar-refractivity contribution is 8.00. The van der Waals surface area contributed by atoms with Gasteiger partial charge >= 0.3 is 5.97 Å². The second-order valence-electron chi connectivity index (χ2n) is 8.41. The number of hydrogen-bond acceptors (Lipinski definition) is 5. The highest BCUT2D eigenvalue weighted by atomic mass is 32.2. The number of thioether (sulfide) groups is 1. The van der Waals surface area contributed by atoms with E-state index in [1.54, 1.807) is 18.7 Å². The van der Waals surface area contributed by atoms with Gasteiger partial charge in [-0.15, -0.1) is 23.1 Å². The van der Waals surface area contributed by atoms with Crippen molar-refractivity contribution in [3.05, 3.63) is 106 Å². The highest BCUT2D eigenvalue weighted by Gasteiger charge is 2.29. The van der Waals surface area contributed by atoms with Crippen LogP contribution in [0.25, 0.3) is 16.4 Å². The summed E-state index contributed by atoms with van der Waals surface area (Å²) in [6.45, 7) is 6.17. The lowest BCUT2D eigenvalue weighted by molar-refractivity contribution is 0.0531. The van der Waals surface area contributed by atoms with Gasteiger partial charge in [0.15, 0.2) is 0 Å². The minimum absolute atomic E-state index is 0.0819. The molecule has 0 fully saturated rings. The zero-order chi connectivity index (χ0) is 24.5. The van der Waals surface area contributed by atoms with Crippen LogP contribution in [0.5, 0.6) is 0 Å². The van der Waals surface area contributed by atoms with Crippen LogP contribution in [0.4, 0.5) is 0 Å². The monoisotopic (exact) mass is 499 g/mol. The van der Waals surface area contributed by atoms with E-state index in [9.17, 15) is 9.59 Å². The van der Waals surface area contributed by atoms with Crippen LogP contribution in [-0.2, 0) is 10.5 Å². The quantitative estimate of drug-likeness (QED) is 0.132. The van der Waals surface area contributed by atoms with Crippen LogP contribution in [-0.4, -0.2) is 22.8 Å². The molecule has 6 heteroatoms. The number of esters is 1. The number of carbonyl (C=O) groups is 2. The van der Waals surface area contributed by atoms with Gasteiger partial charge in [-0.3, -0.25) is 4.79 Å². The molecule has 4 nitrogen and oxygen atoms in total. The summed E-state index contributed by atoms with van der Waals surface area (Å²) in [5.74, 6) is 0.289. The highest BCUT2D eigenvalue weighted by Crippen LogP contribution is 2.45. The van der Waals surface area contributed by atoms with Crippen LogP contribution in [0.3, 0.4) is 0 Å². The number of aryl methyl sites for hydroxylation is 2. The first-order chi connectivity index (χ1) is 17.0. The fourth-order valence-electron chi connectivity index (χ4n) is 4.28. The summed E-state index contributed by atoms with van der Waals surface area (Å²) >= 11 is 3.16. The molecule has 0 radical (unpaired) electrons. The summed E-state index contributed by atoms with van der Waals surface area (Å²) in [4.78, 5) is 27.5. The number of ketones is 1. The van der Waals surface area contributed by atoms with E-state index in [0.717, 1.165) is 26.6 Å². The molecule has 2 aromatic carbocycles. The van der Waals surface area contributed by atoms with E-state index >= 15 is 0 Å². The van der Waals surface area contributed by atoms with Crippen molar-refractivity contribution in [3.63, 3.8) is 0 Å². The van der Waals surface area contributed by atoms with E-state index in [-0.39, 0.29) is 12.4 Å². The third-order valence-electron chi connectivity index (χ3n) is 6.05. The Labute approximate surface area is 212 Å². The van der Waals surface area contributed by atoms with E-state index < -0.39 is 5.97 Å². The van der Waals surface area contributed by atoms with Crippen LogP contribution in [0.1, 0.15) is 49.2 Å². The van der Waals surface area contributed by atoms with E-state index in [1.807, 2.05) is 72.1 Å². The average molecular weight is 500 g/mol. The topological polar surface area (TPSA) is 47.8 Å². The lowest BCUT2D eigenvalue weighted by Crippen LogP contribution is -2.06. The van der Waals surface area contributed by atoms with Gasteiger partial charge in [-0.1, -0.05) is 54.6 Å². The first-order valence-electron chi connectivity index (χ1n) is 11.5. The minimum atomic E-state index is -0.402. The Hall–Kier alpha value is -3.35. The normalized spacial score (nSPS) is 11.3. The van der Waals surface area contributed by atoms with Gasteiger partial charge in [0, 0.05) is 22.9 Å². The zero-order valence-electron chi connectivity index (χ0n) is 19.8. The molecule has 0 unspecified atom stereocenters. The van der Waals surface area contributed by atoms with Crippen molar-refractivity contribution in [3.8, 4) is 0 Å². The van der Waals surface area contributed by atoms with Crippen molar-refractivity contribution in [2.75, 3.05) is 6.61 Å². The van der Waals surface area contributed by atoms with Gasteiger partial charge in [-0.25, -0.2) is 4.79 Å². The maximum Gasteiger partial charge on any atom is 0.341 e. The number of fused-ring (bicyclic) bond motifs is 3. The van der Waals surface area contributed by atoms with Gasteiger partial charge in [0.1, 0.15) is 0 Å². The lowest BCUT2D eigenvalue weighted by atomic mass is 10.1. The number of thiophene rings is 1. The summed E-state index contributed by atoms with van der Waals surface area (Å²) in [6, 6.07) is 21.6. The standard InChI is InChI=1S/C29H25NO3S2/c1-4-33-28(32)23-22-16-18(2)14-15-30(22)25-24(23)27(26(31)20-11-6-5-7-12-20)35-29(25)34-17-21-13-9-8-10-19(21)3/h5-16H,4,17H2,1-3H3. The van der Waals surface area contributed by atoms with E-state index in [2.05, 4.69) is 19.1 Å². The third kappa shape index (κ3) is 4.28. The SMILES string of the molecule is CCOC(=O)c1c2c(C(=O)c3ccccc3)sc(SCc3ccccc3C)c2n2ccc(C)cc12. The Morgan fingerprint density at radius 1 is 1.00 bits per heavy atom. The maximum absolute atomic E-state index is 13.7. The summed E-state index contributed by atoms with van der Waals surface area (Å²) in [5.41, 5.74) is 6.24. The molecule has 0 aliphatic carbocycles. The van der Waals surface area contributed by atoms with Crippen molar-refractivity contribution in [1.82, 2.24) is 4.40 Å². The van der Waals surface area contributed by atoms with Crippen molar-refractivity contribution >= 4 is 51.3 Å². The Kier molecular flexibility index (Phi) is 6.50. The Morgan fingerprint density at radius 2 is 1.74 bits per heavy atom. The number of ether oxygens (including phenoxy) is 1. The molecule has 5 aromatic rings. The Morgan fingerprint density at radius 3 is 2.49 bits per heavy atom. The van der Waals surface area contributed by atoms with Crippen LogP contribution in [0, 0.1) is 13.8 Å². The summed E-state index contributed by atoms with van der Waals surface area (Å²) in [6.07, 6.45) is 1.98. The average Bonchev–Trinajstić information content (AvgIpc) is 3.39. The van der Waals surface area contributed by atoms with Gasteiger partial charge in [0.2, 0.25) is 5.78 Å². The van der Waals surface area contributed by atoms with Gasteiger partial charge < -0.3 is 9.14 Å². The maximum atomic E-state index is 13.7. The van der Waals surface area contributed by atoms with E-state index in [0.29, 0.717) is 21.4 Å². The molecule has 0 N–H and O–H groups in total. The molecule has 0 saturated heterocycles. The second kappa shape index (κ2) is 9.72. The molecule has 0 bridgehead atoms. The largest absolute Gasteiger partial charge is 0.462 e. The Balaban J connectivity index is 1.76. The number of hydrogen-bond donors (Lipinski definition) is 0. The first kappa shape index (κ1) is 23.4. The minimum Gasteiger partial charge on any atom is -0.462 e. The number of rotatable bonds is 7. The van der Waals surface area contributed by atoms with Crippen molar-refractivity contribution < 1.29 is 14.3 Å². The smallest absolute Gasteiger partial charge is 0.341 e. The van der Waals surface area contributed by atoms with Gasteiger partial charge in [0.05, 0.1) is 32.3 Å². The summed E-state index contributed by atoms with van der Waals surface area (Å²) < 4.78 is 8.52. The van der Waals surface area contributed by atoms with Gasteiger partial charge in [-0.2, -0.15) is 0 Å². The molecule has 35 heavy (non-hydrogen) atoms. The molecule has 176 valence electrons. The number of carbonyl (C=O) groups excluding carboxylic acids is 2. The Bertz CT molecular complexity index is 1560. The molecule has 0 spiro atoms. The molecule has 0 amide bonds. The molecular formula is C29H25NO3S2. The number of pyridine rings is 1. The molecule has 3 aromatic heterocycles. The number of nitrogens with zero attached hydrogens (tertiary/aromatic N) is 1. The lowest BCUT2D eigenvalue weighted by Gasteiger charge is -2.06. The summed E-state index contributed by atoms with van der Waals surface area (Å²) in [7, 11) is 0. The predicted octanol–water partition coefficient (Wildman–Crippen LogP) is 7.47. The van der Waals surface area contributed by atoms with Crippen LogP contribution >= 0.6 is 23.1 Å². The molecule has 0 saturated carbocycles. The third-order valence-corrected chi connectivity index (χ3v) is 8.54. The van der Waals surface area contributed by atoms with Gasteiger partial charge in [-0.05, 0) is 49.6 Å². The van der Waals surface area contributed by atoms with E-state index in [1.165, 1.54) is 22.5 Å². The van der Waals surface area contributed by atoms with Crippen LogP contribution in [0.15, 0.2) is 77.1 Å². The molecular weight excluding hydrogens is 474 g/mol. The molecule has 5 rings (SSSR count). The fraction of sp³-hybridized carbons (Fsp3) is 0.172. The summed E-state index contributed by atoms with van der Waals surface area (Å²) in [5, 5.41) is 0.681. The molecule has 3 heterocycles. The van der Waals surface area contributed by atoms with Crippen LogP contribution < -0.4 is 0 Å². The zero-order valence-corrected chi connectivity index (χ0v) is 21.5. The van der Waals surface area contributed by atoms with E-state index in [4.69, 9.17) is 4.74 Å². The predicted molar refractivity (Wildman–Crippen MR) is 144 cm³/mol. The molecule has 0 aliphatic heterocycles. The van der Waals surface area contributed by atoms with Crippen molar-refractivity contribution in [1.29, 1.82) is 0 Å². The van der Waals surface area contributed by atoms with Crippen molar-refractivity contribution in [2.45, 2.75) is 30.7 Å².